The Bertz CT molecular complexity index is 991. The zero-order valence-electron chi connectivity index (χ0n) is 49.6. The van der Waals surface area contributed by atoms with E-state index in [-0.39, 0.29) is 18.9 Å². The number of carbonyl (C=O) groups excluding carboxylic acids is 1. The molecule has 0 fully saturated rings. The number of amides is 1. The van der Waals surface area contributed by atoms with Gasteiger partial charge in [0.15, 0.2) is 0 Å². The first kappa shape index (κ1) is 71.3. The summed E-state index contributed by atoms with van der Waals surface area (Å²) in [7, 11) is 0. The number of rotatable bonds is 64. The first-order valence-electron chi connectivity index (χ1n) is 33.8. The Balaban J connectivity index is 3.40. The van der Waals surface area contributed by atoms with Crippen molar-refractivity contribution in [2.75, 3.05) is 6.61 Å². The summed E-state index contributed by atoms with van der Waals surface area (Å²) in [5, 5.41) is 33.8. The van der Waals surface area contributed by atoms with Gasteiger partial charge in [-0.3, -0.25) is 4.79 Å². The van der Waals surface area contributed by atoms with Crippen LogP contribution < -0.4 is 5.32 Å². The predicted molar refractivity (Wildman–Crippen MR) is 319 cm³/mol. The third kappa shape index (κ3) is 58.6. The van der Waals surface area contributed by atoms with Crippen molar-refractivity contribution in [1.82, 2.24) is 5.32 Å². The van der Waals surface area contributed by atoms with Gasteiger partial charge < -0.3 is 20.6 Å². The second-order valence-electron chi connectivity index (χ2n) is 23.8. The molecule has 0 saturated heterocycles. The van der Waals surface area contributed by atoms with Crippen molar-refractivity contribution in [3.8, 4) is 0 Å². The fourth-order valence-corrected chi connectivity index (χ4v) is 11.3. The Hall–Kier alpha value is -0.650. The average Bonchev–Trinajstić information content (AvgIpc) is 3.38. The van der Waals surface area contributed by atoms with Gasteiger partial charge in [-0.05, 0) is 12.8 Å². The fourth-order valence-electron chi connectivity index (χ4n) is 11.3. The molecule has 0 spiro atoms. The Morgan fingerprint density at radius 3 is 0.667 bits per heavy atom. The predicted octanol–water partition coefficient (Wildman–Crippen LogP) is 21.6. The van der Waals surface area contributed by atoms with Crippen LogP contribution in [0.2, 0.25) is 0 Å². The topological polar surface area (TPSA) is 89.8 Å². The summed E-state index contributed by atoms with van der Waals surface area (Å²) in [5.41, 5.74) is 0. The molecule has 0 aliphatic carbocycles. The number of carbonyl (C=O) groups is 1. The van der Waals surface area contributed by atoms with Crippen molar-refractivity contribution in [3.05, 3.63) is 0 Å². The molecule has 3 atom stereocenters. The van der Waals surface area contributed by atoms with Crippen LogP contribution in [0, 0.1) is 0 Å². The number of unbranched alkanes of at least 4 members (excludes halogenated alkanes) is 55. The second-order valence-corrected chi connectivity index (χ2v) is 23.8. The number of nitrogens with one attached hydrogen (secondary N) is 1. The van der Waals surface area contributed by atoms with Gasteiger partial charge in [0.25, 0.3) is 0 Å². The van der Waals surface area contributed by atoms with Gasteiger partial charge >= 0.3 is 0 Å². The van der Waals surface area contributed by atoms with E-state index in [9.17, 15) is 20.1 Å². The molecule has 3 unspecified atom stereocenters. The number of hydrogen-bond donors (Lipinski definition) is 4. The molecular weight excluding hydrogens is 883 g/mol. The van der Waals surface area contributed by atoms with E-state index < -0.39 is 18.2 Å². The molecule has 0 aromatic rings. The minimum absolute atomic E-state index is 0.0439. The number of hydrogen-bond acceptors (Lipinski definition) is 4. The molecule has 0 aliphatic rings. The molecular formula is C67H135NO4. The third-order valence-electron chi connectivity index (χ3n) is 16.4. The highest BCUT2D eigenvalue weighted by molar-refractivity contribution is 5.76. The fraction of sp³-hybridized carbons (Fsp3) is 0.985. The quantitative estimate of drug-likeness (QED) is 0.0457. The lowest BCUT2D eigenvalue weighted by atomic mass is 10.0. The molecule has 72 heavy (non-hydrogen) atoms. The highest BCUT2D eigenvalue weighted by atomic mass is 16.3. The van der Waals surface area contributed by atoms with Gasteiger partial charge in [-0.1, -0.05) is 380 Å². The minimum atomic E-state index is -0.746. The van der Waals surface area contributed by atoms with E-state index in [1.807, 2.05) is 0 Å². The number of aliphatic hydroxyl groups is 3. The molecule has 0 aromatic carbocycles. The molecule has 5 heteroatoms. The van der Waals surface area contributed by atoms with E-state index in [1.165, 1.54) is 340 Å². The highest BCUT2D eigenvalue weighted by Gasteiger charge is 2.21. The van der Waals surface area contributed by atoms with Gasteiger partial charge in [-0.25, -0.2) is 0 Å². The summed E-state index contributed by atoms with van der Waals surface area (Å²) in [6, 6.07) is -0.655. The average molecular weight is 1020 g/mol. The van der Waals surface area contributed by atoms with Crippen LogP contribution >= 0.6 is 0 Å². The summed E-state index contributed by atoms with van der Waals surface area (Å²) in [6.07, 6.45) is 78.9. The van der Waals surface area contributed by atoms with Crippen LogP contribution in [0.15, 0.2) is 0 Å². The van der Waals surface area contributed by atoms with Crippen LogP contribution in [0.3, 0.4) is 0 Å². The van der Waals surface area contributed by atoms with E-state index in [2.05, 4.69) is 19.2 Å². The summed E-state index contributed by atoms with van der Waals surface area (Å²) in [4.78, 5) is 12.6. The maximum Gasteiger partial charge on any atom is 0.222 e. The van der Waals surface area contributed by atoms with Crippen LogP contribution in [-0.4, -0.2) is 46.1 Å². The van der Waals surface area contributed by atoms with Crippen molar-refractivity contribution >= 4 is 5.91 Å². The second kappa shape index (κ2) is 62.9. The zero-order valence-corrected chi connectivity index (χ0v) is 49.6. The standard InChI is InChI=1S/C67H135NO4/c1-3-5-7-9-11-13-15-17-19-21-23-25-26-27-28-29-30-31-32-33-34-35-36-37-38-39-40-41-42-44-46-48-50-52-54-56-58-60-64(70)62-67(72)68-65(63-69)66(71)61-59-57-55-53-51-49-47-45-43-24-22-20-18-16-14-12-10-8-6-4-2/h64-66,69-71H,3-63H2,1-2H3,(H,68,72). The molecule has 0 aliphatic heterocycles. The lowest BCUT2D eigenvalue weighted by Gasteiger charge is -2.23. The maximum atomic E-state index is 12.6. The summed E-state index contributed by atoms with van der Waals surface area (Å²) < 4.78 is 0. The van der Waals surface area contributed by atoms with Gasteiger partial charge in [0.05, 0.1) is 31.3 Å². The van der Waals surface area contributed by atoms with Gasteiger partial charge in [-0.2, -0.15) is 0 Å². The van der Waals surface area contributed by atoms with E-state index >= 15 is 0 Å². The van der Waals surface area contributed by atoms with Gasteiger partial charge in [0.2, 0.25) is 5.91 Å². The zero-order chi connectivity index (χ0) is 52.2. The first-order chi connectivity index (χ1) is 35.5. The van der Waals surface area contributed by atoms with E-state index in [1.54, 1.807) is 0 Å². The van der Waals surface area contributed by atoms with Crippen LogP contribution in [0.25, 0.3) is 0 Å². The van der Waals surface area contributed by atoms with Crippen molar-refractivity contribution in [2.24, 2.45) is 0 Å². The first-order valence-corrected chi connectivity index (χ1v) is 33.8. The van der Waals surface area contributed by atoms with Crippen LogP contribution in [0.4, 0.5) is 0 Å². The molecule has 432 valence electrons. The van der Waals surface area contributed by atoms with E-state index in [4.69, 9.17) is 0 Å². The summed E-state index contributed by atoms with van der Waals surface area (Å²) in [6.45, 7) is 4.32. The van der Waals surface area contributed by atoms with Crippen LogP contribution in [0.1, 0.15) is 399 Å². The Morgan fingerprint density at radius 1 is 0.292 bits per heavy atom. The van der Waals surface area contributed by atoms with Gasteiger partial charge in [0.1, 0.15) is 0 Å². The van der Waals surface area contributed by atoms with Gasteiger partial charge in [-0.15, -0.1) is 0 Å². The van der Waals surface area contributed by atoms with Crippen LogP contribution in [-0.2, 0) is 4.79 Å². The van der Waals surface area contributed by atoms with Crippen molar-refractivity contribution < 1.29 is 20.1 Å². The normalized spacial score (nSPS) is 13.0. The SMILES string of the molecule is CCCCCCCCCCCCCCCCCCCCCCCCCCCCCCCCCCCCCCCC(O)CC(=O)NC(CO)C(O)CCCCCCCCCCCCCCCCCCCCCC. The minimum Gasteiger partial charge on any atom is -0.394 e. The molecule has 4 N–H and O–H groups in total. The molecule has 0 rings (SSSR count). The van der Waals surface area contributed by atoms with Crippen molar-refractivity contribution in [1.29, 1.82) is 0 Å². The third-order valence-corrected chi connectivity index (χ3v) is 16.4. The maximum absolute atomic E-state index is 12.6. The van der Waals surface area contributed by atoms with Gasteiger partial charge in [0, 0.05) is 0 Å². The number of aliphatic hydroxyl groups excluding tert-OH is 3. The Kier molecular flexibility index (Phi) is 62.3. The monoisotopic (exact) mass is 1020 g/mol. The van der Waals surface area contributed by atoms with Crippen molar-refractivity contribution in [2.45, 2.75) is 417 Å². The molecule has 1 amide bonds. The Morgan fingerprint density at radius 2 is 0.472 bits per heavy atom. The molecule has 0 bridgehead atoms. The smallest absolute Gasteiger partial charge is 0.222 e. The summed E-state index contributed by atoms with van der Waals surface area (Å²) >= 11 is 0. The molecule has 0 heterocycles. The molecule has 0 radical (unpaired) electrons. The lowest BCUT2D eigenvalue weighted by Crippen LogP contribution is -2.46. The van der Waals surface area contributed by atoms with Crippen LogP contribution in [0.5, 0.6) is 0 Å². The molecule has 0 aromatic heterocycles. The Labute approximate surface area is 453 Å². The lowest BCUT2D eigenvalue weighted by molar-refractivity contribution is -0.125. The largest absolute Gasteiger partial charge is 0.394 e. The highest BCUT2D eigenvalue weighted by Crippen LogP contribution is 2.20. The molecule has 5 nitrogen and oxygen atoms in total. The van der Waals surface area contributed by atoms with E-state index in [0.717, 1.165) is 25.7 Å². The van der Waals surface area contributed by atoms with E-state index in [0.29, 0.717) is 12.8 Å². The summed E-state index contributed by atoms with van der Waals surface area (Å²) in [5.74, 6) is -0.273. The molecule has 0 saturated carbocycles. The van der Waals surface area contributed by atoms with Crippen molar-refractivity contribution in [3.63, 3.8) is 0 Å².